The molecule has 0 radical (unpaired) electrons. The maximum absolute atomic E-state index is 8.39. The molecule has 0 unspecified atom stereocenters. The van der Waals surface area contributed by atoms with Gasteiger partial charge in [-0.15, -0.1) is 0 Å². The van der Waals surface area contributed by atoms with Gasteiger partial charge in [0.2, 0.25) is 0 Å². The van der Waals surface area contributed by atoms with Gasteiger partial charge in [-0.2, -0.15) is 0 Å². The zero-order valence-corrected chi connectivity index (χ0v) is 20.9. The summed E-state index contributed by atoms with van der Waals surface area (Å²) in [5.41, 5.74) is 5.85. The van der Waals surface area contributed by atoms with Crippen molar-refractivity contribution in [3.05, 3.63) is 150 Å². The van der Waals surface area contributed by atoms with Crippen LogP contribution in [-0.4, -0.2) is 0 Å². The third-order valence-electron chi connectivity index (χ3n) is 6.22. The SMILES string of the molecule is [2H]c1c([2H])c([2H])c(-c2ccc(N(c3ccc(-c4ccc(Br)cc4)cc3)c3cccc4ccccc34)cc2)c([2H])c1[2H]. The molecule has 0 bridgehead atoms. The summed E-state index contributed by atoms with van der Waals surface area (Å²) in [6, 6.07) is 37.1. The summed E-state index contributed by atoms with van der Waals surface area (Å²) in [4.78, 5) is 2.18. The topological polar surface area (TPSA) is 3.24 Å². The average molecular weight is 532 g/mol. The number of anilines is 3. The molecule has 6 aromatic carbocycles. The van der Waals surface area contributed by atoms with Gasteiger partial charge in [-0.3, -0.25) is 0 Å². The van der Waals surface area contributed by atoms with Crippen LogP contribution in [-0.2, 0) is 0 Å². The zero-order valence-electron chi connectivity index (χ0n) is 24.3. The maximum atomic E-state index is 8.39. The number of nitrogens with zero attached hydrogens (tertiary/aromatic N) is 1. The van der Waals surface area contributed by atoms with Gasteiger partial charge in [0.25, 0.3) is 0 Å². The molecule has 0 spiro atoms. The fourth-order valence-corrected chi connectivity index (χ4v) is 4.71. The fraction of sp³-hybridized carbons (Fsp3) is 0. The average Bonchev–Trinajstić information content (AvgIpc) is 3.01. The van der Waals surface area contributed by atoms with E-state index in [0.717, 1.165) is 43.4 Å². The van der Waals surface area contributed by atoms with Crippen molar-refractivity contribution in [2.45, 2.75) is 0 Å². The van der Waals surface area contributed by atoms with E-state index in [1.54, 1.807) is 0 Å². The minimum absolute atomic E-state index is 0.193. The van der Waals surface area contributed by atoms with E-state index in [9.17, 15) is 0 Å². The normalized spacial score (nSPS) is 12.9. The van der Waals surface area contributed by atoms with Gasteiger partial charge in [0.1, 0.15) is 0 Å². The Morgan fingerprint density at radius 2 is 1.03 bits per heavy atom. The molecule has 0 aliphatic heterocycles. The highest BCUT2D eigenvalue weighted by atomic mass is 79.9. The molecule has 0 aliphatic rings. The van der Waals surface area contributed by atoms with E-state index in [1.807, 2.05) is 54.6 Å². The summed E-state index contributed by atoms with van der Waals surface area (Å²) in [7, 11) is 0. The Morgan fingerprint density at radius 1 is 0.500 bits per heavy atom. The fourth-order valence-electron chi connectivity index (χ4n) is 4.45. The monoisotopic (exact) mass is 530 g/mol. The highest BCUT2D eigenvalue weighted by molar-refractivity contribution is 9.10. The zero-order chi connectivity index (χ0) is 28.7. The number of rotatable bonds is 5. The molecule has 6 rings (SSSR count). The van der Waals surface area contributed by atoms with E-state index in [1.165, 1.54) is 0 Å². The van der Waals surface area contributed by atoms with Crippen molar-refractivity contribution in [3.63, 3.8) is 0 Å². The van der Waals surface area contributed by atoms with Gasteiger partial charge in [-0.05, 0) is 70.1 Å². The first-order chi connectivity index (χ1) is 19.8. The molecule has 0 heterocycles. The van der Waals surface area contributed by atoms with Crippen molar-refractivity contribution in [3.8, 4) is 22.3 Å². The molecule has 6 aromatic rings. The van der Waals surface area contributed by atoms with Crippen LogP contribution in [0.5, 0.6) is 0 Å². The number of hydrogen-bond donors (Lipinski definition) is 0. The third kappa shape index (κ3) is 4.44. The maximum Gasteiger partial charge on any atom is 0.0629 e. The lowest BCUT2D eigenvalue weighted by Crippen LogP contribution is -2.10. The van der Waals surface area contributed by atoms with Crippen LogP contribution < -0.4 is 4.90 Å². The van der Waals surface area contributed by atoms with E-state index in [4.69, 9.17) is 6.85 Å². The minimum Gasteiger partial charge on any atom is -0.310 e. The number of hydrogen-bond acceptors (Lipinski definition) is 1. The Balaban J connectivity index is 1.48. The largest absolute Gasteiger partial charge is 0.310 e. The molecule has 172 valence electrons. The molecule has 2 heteroatoms. The smallest absolute Gasteiger partial charge is 0.0629 e. The van der Waals surface area contributed by atoms with E-state index in [-0.39, 0.29) is 29.7 Å². The van der Waals surface area contributed by atoms with Crippen molar-refractivity contribution in [1.29, 1.82) is 0 Å². The highest BCUT2D eigenvalue weighted by Crippen LogP contribution is 2.40. The number of benzene rings is 6. The first kappa shape index (κ1) is 17.3. The van der Waals surface area contributed by atoms with Gasteiger partial charge in [-0.25, -0.2) is 0 Å². The van der Waals surface area contributed by atoms with Gasteiger partial charge in [0, 0.05) is 21.2 Å². The molecule has 0 atom stereocenters. The van der Waals surface area contributed by atoms with Gasteiger partial charge in [-0.1, -0.05) is 119 Å². The molecular formula is C34H24BrN. The van der Waals surface area contributed by atoms with Crippen LogP contribution in [0, 0.1) is 0 Å². The van der Waals surface area contributed by atoms with Crippen LogP contribution in [0.4, 0.5) is 17.1 Å². The van der Waals surface area contributed by atoms with Gasteiger partial charge in [0.15, 0.2) is 0 Å². The third-order valence-corrected chi connectivity index (χ3v) is 6.75. The van der Waals surface area contributed by atoms with Crippen LogP contribution in [0.1, 0.15) is 6.85 Å². The minimum atomic E-state index is -0.394. The van der Waals surface area contributed by atoms with Crippen molar-refractivity contribution >= 4 is 43.8 Å². The quantitative estimate of drug-likeness (QED) is 0.214. The van der Waals surface area contributed by atoms with Crippen LogP contribution in [0.25, 0.3) is 33.0 Å². The predicted octanol–water partition coefficient (Wildman–Crippen LogP) is 10.4. The summed E-state index contributed by atoms with van der Waals surface area (Å²) in [6.07, 6.45) is 0. The van der Waals surface area contributed by atoms with E-state index in [0.29, 0.717) is 5.56 Å². The Labute approximate surface area is 227 Å². The van der Waals surface area contributed by atoms with Crippen molar-refractivity contribution in [1.82, 2.24) is 0 Å². The molecule has 36 heavy (non-hydrogen) atoms. The van der Waals surface area contributed by atoms with Gasteiger partial charge >= 0.3 is 0 Å². The van der Waals surface area contributed by atoms with E-state index >= 15 is 0 Å². The molecule has 0 aromatic heterocycles. The van der Waals surface area contributed by atoms with Crippen molar-refractivity contribution in [2.24, 2.45) is 0 Å². The van der Waals surface area contributed by atoms with Crippen LogP contribution in [0.3, 0.4) is 0 Å². The van der Waals surface area contributed by atoms with Crippen molar-refractivity contribution in [2.75, 3.05) is 4.90 Å². The molecule has 0 fully saturated rings. The number of halogens is 1. The second-order valence-corrected chi connectivity index (χ2v) is 9.35. The molecule has 0 saturated carbocycles. The van der Waals surface area contributed by atoms with Gasteiger partial charge < -0.3 is 4.90 Å². The molecule has 1 nitrogen and oxygen atoms in total. The Bertz CT molecular complexity index is 1850. The number of fused-ring (bicyclic) bond motifs is 1. The van der Waals surface area contributed by atoms with E-state index in [2.05, 4.69) is 81.5 Å². The predicted molar refractivity (Wildman–Crippen MR) is 157 cm³/mol. The summed E-state index contributed by atoms with van der Waals surface area (Å²) in [6.45, 7) is 0. The summed E-state index contributed by atoms with van der Waals surface area (Å²) >= 11 is 3.50. The van der Waals surface area contributed by atoms with Crippen molar-refractivity contribution < 1.29 is 6.85 Å². The first-order valence-corrected chi connectivity index (χ1v) is 12.4. The lowest BCUT2D eigenvalue weighted by molar-refractivity contribution is 1.30. The second-order valence-electron chi connectivity index (χ2n) is 8.43. The lowest BCUT2D eigenvalue weighted by Gasteiger charge is -2.27. The van der Waals surface area contributed by atoms with Crippen LogP contribution in [0.2, 0.25) is 0 Å². The Morgan fingerprint density at radius 3 is 1.67 bits per heavy atom. The molecular weight excluding hydrogens is 502 g/mol. The summed E-state index contributed by atoms with van der Waals surface area (Å²) < 4.78 is 41.9. The molecule has 0 amide bonds. The lowest BCUT2D eigenvalue weighted by atomic mass is 10.0. The Hall–Kier alpha value is -4.14. The summed E-state index contributed by atoms with van der Waals surface area (Å²) in [5, 5.41) is 2.22. The second kappa shape index (κ2) is 9.85. The molecule has 0 aliphatic carbocycles. The standard InChI is InChI=1S/C34H24BrN/c35-30-19-13-26(14-20-30)28-17-23-32(24-18-28)36(34-12-6-10-29-9-4-5-11-33(29)34)31-21-15-27(16-22-31)25-7-2-1-3-8-25/h1-24H/i1D,2D,3D,7D,8D. The van der Waals surface area contributed by atoms with Gasteiger partial charge in [0.05, 0.1) is 12.5 Å². The summed E-state index contributed by atoms with van der Waals surface area (Å²) in [5.74, 6) is 0. The van der Waals surface area contributed by atoms with Crippen LogP contribution >= 0.6 is 15.9 Å². The highest BCUT2D eigenvalue weighted by Gasteiger charge is 2.15. The van der Waals surface area contributed by atoms with E-state index < -0.39 is 6.04 Å². The van der Waals surface area contributed by atoms with Crippen LogP contribution in [0.15, 0.2) is 150 Å². The Kier molecular flexibility index (Phi) is 4.74. The first-order valence-electron chi connectivity index (χ1n) is 14.1. The molecule has 0 saturated heterocycles. The molecule has 0 N–H and O–H groups in total.